The minimum Gasteiger partial charge on any atom is -0.478 e. The number of carboxylic acid groups (broad SMARTS) is 1. The van der Waals surface area contributed by atoms with Crippen molar-refractivity contribution in [3.05, 3.63) is 21.9 Å². The maximum absolute atomic E-state index is 11.8. The molecule has 1 atom stereocenters. The first-order valence-electron chi connectivity index (χ1n) is 5.72. The fourth-order valence-electron chi connectivity index (χ4n) is 1.39. The molecule has 1 aromatic heterocycles. The van der Waals surface area contributed by atoms with E-state index in [0.717, 1.165) is 4.88 Å². The van der Waals surface area contributed by atoms with Gasteiger partial charge in [-0.2, -0.15) is 0 Å². The standard InChI is InChI=1S/C13H18O4S/c1-8(12(16)17-13(2,3)4)5-10-6-9(7-18-10)11(14)15/h6-8H,5H2,1-4H3,(H,14,15). The predicted molar refractivity (Wildman–Crippen MR) is 70.0 cm³/mol. The Kier molecular flexibility index (Phi) is 4.51. The second-order valence-corrected chi connectivity index (χ2v) is 6.24. The van der Waals surface area contributed by atoms with Crippen molar-refractivity contribution in [1.29, 1.82) is 0 Å². The number of rotatable bonds is 4. The van der Waals surface area contributed by atoms with Crippen molar-refractivity contribution in [3.8, 4) is 0 Å². The lowest BCUT2D eigenvalue weighted by atomic mass is 10.1. The van der Waals surface area contributed by atoms with E-state index >= 15 is 0 Å². The van der Waals surface area contributed by atoms with Crippen molar-refractivity contribution in [2.75, 3.05) is 0 Å². The Labute approximate surface area is 111 Å². The molecule has 18 heavy (non-hydrogen) atoms. The molecule has 0 aliphatic rings. The molecule has 0 bridgehead atoms. The van der Waals surface area contributed by atoms with Gasteiger partial charge < -0.3 is 9.84 Å². The highest BCUT2D eigenvalue weighted by molar-refractivity contribution is 7.10. The Morgan fingerprint density at radius 3 is 2.50 bits per heavy atom. The highest BCUT2D eigenvalue weighted by Gasteiger charge is 2.22. The molecule has 1 heterocycles. The number of ether oxygens (including phenoxy) is 1. The summed E-state index contributed by atoms with van der Waals surface area (Å²) in [6, 6.07) is 1.61. The fraction of sp³-hybridized carbons (Fsp3) is 0.538. The molecular formula is C13H18O4S. The Bertz CT molecular complexity index is 442. The van der Waals surface area contributed by atoms with Crippen LogP contribution in [0.15, 0.2) is 11.4 Å². The SMILES string of the molecule is CC(Cc1cc(C(=O)O)cs1)C(=O)OC(C)(C)C. The molecule has 0 spiro atoms. The van der Waals surface area contributed by atoms with E-state index in [2.05, 4.69) is 0 Å². The number of aromatic carboxylic acids is 1. The summed E-state index contributed by atoms with van der Waals surface area (Å²) in [5, 5.41) is 10.4. The molecular weight excluding hydrogens is 252 g/mol. The molecule has 100 valence electrons. The zero-order valence-electron chi connectivity index (χ0n) is 11.0. The molecule has 0 amide bonds. The van der Waals surface area contributed by atoms with Crippen molar-refractivity contribution < 1.29 is 19.4 Å². The topological polar surface area (TPSA) is 63.6 Å². The Morgan fingerprint density at radius 1 is 1.44 bits per heavy atom. The lowest BCUT2D eigenvalue weighted by Crippen LogP contribution is -2.28. The van der Waals surface area contributed by atoms with Gasteiger partial charge in [0.05, 0.1) is 11.5 Å². The van der Waals surface area contributed by atoms with Crippen molar-refractivity contribution in [2.24, 2.45) is 5.92 Å². The lowest BCUT2D eigenvalue weighted by molar-refractivity contribution is -0.159. The van der Waals surface area contributed by atoms with Crippen molar-refractivity contribution in [1.82, 2.24) is 0 Å². The van der Waals surface area contributed by atoms with Crippen LogP contribution in [-0.2, 0) is 16.0 Å². The van der Waals surface area contributed by atoms with Gasteiger partial charge in [-0.25, -0.2) is 4.79 Å². The summed E-state index contributed by atoms with van der Waals surface area (Å²) in [6.07, 6.45) is 0.507. The highest BCUT2D eigenvalue weighted by atomic mass is 32.1. The van der Waals surface area contributed by atoms with Crippen LogP contribution < -0.4 is 0 Å². The van der Waals surface area contributed by atoms with Crippen molar-refractivity contribution in [3.63, 3.8) is 0 Å². The lowest BCUT2D eigenvalue weighted by Gasteiger charge is -2.22. The summed E-state index contributed by atoms with van der Waals surface area (Å²) in [7, 11) is 0. The number of esters is 1. The van der Waals surface area contributed by atoms with Crippen LogP contribution in [0.1, 0.15) is 42.9 Å². The van der Waals surface area contributed by atoms with E-state index in [-0.39, 0.29) is 17.5 Å². The third-order valence-corrected chi connectivity index (χ3v) is 3.18. The summed E-state index contributed by atoms with van der Waals surface area (Å²) in [5.41, 5.74) is -0.223. The summed E-state index contributed by atoms with van der Waals surface area (Å²) in [4.78, 5) is 23.4. The van der Waals surface area contributed by atoms with Gasteiger partial charge in [0.25, 0.3) is 0 Å². The summed E-state index contributed by atoms with van der Waals surface area (Å²) >= 11 is 1.35. The van der Waals surface area contributed by atoms with Crippen LogP contribution in [0.3, 0.4) is 0 Å². The van der Waals surface area contributed by atoms with Gasteiger partial charge in [-0.1, -0.05) is 6.92 Å². The Balaban J connectivity index is 2.61. The van der Waals surface area contributed by atoms with Crippen molar-refractivity contribution >= 4 is 23.3 Å². The van der Waals surface area contributed by atoms with E-state index in [1.807, 2.05) is 20.8 Å². The van der Waals surface area contributed by atoms with Gasteiger partial charge in [-0.15, -0.1) is 11.3 Å². The van der Waals surface area contributed by atoms with Crippen LogP contribution in [0.2, 0.25) is 0 Å². The number of hydrogen-bond donors (Lipinski definition) is 1. The molecule has 0 fully saturated rings. The molecule has 0 saturated carbocycles. The number of thiophene rings is 1. The summed E-state index contributed by atoms with van der Waals surface area (Å²) in [6.45, 7) is 7.26. The highest BCUT2D eigenvalue weighted by Crippen LogP contribution is 2.20. The molecule has 1 unspecified atom stereocenters. The van der Waals surface area contributed by atoms with Crippen LogP contribution in [0.25, 0.3) is 0 Å². The third-order valence-electron chi connectivity index (χ3n) is 2.22. The van der Waals surface area contributed by atoms with E-state index in [4.69, 9.17) is 9.84 Å². The van der Waals surface area contributed by atoms with Crippen LogP contribution in [0, 0.1) is 5.92 Å². The zero-order valence-corrected chi connectivity index (χ0v) is 11.8. The molecule has 4 nitrogen and oxygen atoms in total. The van der Waals surface area contributed by atoms with Crippen LogP contribution in [0.5, 0.6) is 0 Å². The summed E-state index contributed by atoms with van der Waals surface area (Å²) in [5.74, 6) is -1.47. The van der Waals surface area contributed by atoms with E-state index in [0.29, 0.717) is 6.42 Å². The number of carbonyl (C=O) groups excluding carboxylic acids is 1. The van der Waals surface area contributed by atoms with Gasteiger partial charge in [-0.05, 0) is 33.3 Å². The first-order valence-corrected chi connectivity index (χ1v) is 6.60. The normalized spacial score (nSPS) is 13.1. The first-order chi connectivity index (χ1) is 8.19. The van der Waals surface area contributed by atoms with E-state index in [1.54, 1.807) is 18.4 Å². The third kappa shape index (κ3) is 4.49. The van der Waals surface area contributed by atoms with E-state index < -0.39 is 11.6 Å². The second-order valence-electron chi connectivity index (χ2n) is 5.25. The molecule has 0 aliphatic heterocycles. The van der Waals surface area contributed by atoms with Crippen LogP contribution in [0.4, 0.5) is 0 Å². The van der Waals surface area contributed by atoms with Gasteiger partial charge in [0.15, 0.2) is 0 Å². The fourth-order valence-corrected chi connectivity index (χ4v) is 2.38. The second kappa shape index (κ2) is 5.52. The molecule has 1 aromatic rings. The molecule has 0 radical (unpaired) electrons. The average molecular weight is 270 g/mol. The molecule has 1 N–H and O–H groups in total. The smallest absolute Gasteiger partial charge is 0.336 e. The maximum atomic E-state index is 11.8. The number of carbonyl (C=O) groups is 2. The van der Waals surface area contributed by atoms with Gasteiger partial charge >= 0.3 is 11.9 Å². The quantitative estimate of drug-likeness (QED) is 0.854. The summed E-state index contributed by atoms with van der Waals surface area (Å²) < 4.78 is 5.28. The van der Waals surface area contributed by atoms with Gasteiger partial charge in [0.1, 0.15) is 5.60 Å². The number of carboxylic acids is 1. The average Bonchev–Trinajstić information content (AvgIpc) is 2.63. The van der Waals surface area contributed by atoms with Crippen molar-refractivity contribution in [2.45, 2.75) is 39.7 Å². The number of hydrogen-bond acceptors (Lipinski definition) is 4. The molecule has 0 aliphatic carbocycles. The first kappa shape index (κ1) is 14.7. The van der Waals surface area contributed by atoms with E-state index in [1.165, 1.54) is 11.3 Å². The molecule has 1 rings (SSSR count). The Hall–Kier alpha value is -1.36. The predicted octanol–water partition coefficient (Wildman–Crippen LogP) is 2.97. The monoisotopic (exact) mass is 270 g/mol. The van der Waals surface area contributed by atoms with Crippen LogP contribution >= 0.6 is 11.3 Å². The minimum absolute atomic E-state index is 0.257. The molecule has 5 heteroatoms. The minimum atomic E-state index is -0.942. The molecule has 0 saturated heterocycles. The Morgan fingerprint density at radius 2 is 2.06 bits per heavy atom. The van der Waals surface area contributed by atoms with Gasteiger partial charge in [0.2, 0.25) is 0 Å². The largest absolute Gasteiger partial charge is 0.478 e. The van der Waals surface area contributed by atoms with Gasteiger partial charge in [-0.3, -0.25) is 4.79 Å². The van der Waals surface area contributed by atoms with E-state index in [9.17, 15) is 9.59 Å². The maximum Gasteiger partial charge on any atom is 0.336 e. The molecule has 0 aromatic carbocycles. The van der Waals surface area contributed by atoms with Crippen LogP contribution in [-0.4, -0.2) is 22.6 Å². The van der Waals surface area contributed by atoms with Gasteiger partial charge in [0, 0.05) is 10.3 Å². The zero-order chi connectivity index (χ0) is 13.9.